The molecule has 0 aliphatic heterocycles. The maximum absolute atomic E-state index is 11.9. The van der Waals surface area contributed by atoms with Crippen molar-refractivity contribution in [3.8, 4) is 6.07 Å². The maximum atomic E-state index is 11.9. The van der Waals surface area contributed by atoms with Crippen LogP contribution in [0.2, 0.25) is 0 Å². The van der Waals surface area contributed by atoms with E-state index in [2.05, 4.69) is 10.6 Å². The third-order valence-corrected chi connectivity index (χ3v) is 2.65. The minimum atomic E-state index is -0.413. The van der Waals surface area contributed by atoms with Crippen molar-refractivity contribution in [3.63, 3.8) is 0 Å². The molecule has 0 unspecified atom stereocenters. The molecule has 6 heteroatoms. The Bertz CT molecular complexity index is 508. The number of hydrogen-bond donors (Lipinski definition) is 3. The summed E-state index contributed by atoms with van der Waals surface area (Å²) in [5.74, 6) is -0.385. The Morgan fingerprint density at radius 3 is 2.74 bits per heavy atom. The smallest absolute Gasteiger partial charge is 0.282 e. The Morgan fingerprint density at radius 1 is 1.42 bits per heavy atom. The van der Waals surface area contributed by atoms with Gasteiger partial charge in [0.2, 0.25) is 0 Å². The fraction of sp³-hybridized carbons (Fsp3) is 0.308. The summed E-state index contributed by atoms with van der Waals surface area (Å²) in [5.41, 5.74) is 0.893. The average Bonchev–Trinajstić information content (AvgIpc) is 2.44. The summed E-state index contributed by atoms with van der Waals surface area (Å²) in [6, 6.07) is 8.38. The van der Waals surface area contributed by atoms with Crippen molar-refractivity contribution in [3.05, 3.63) is 29.8 Å². The number of rotatable bonds is 5. The van der Waals surface area contributed by atoms with Crippen LogP contribution in [0.15, 0.2) is 24.3 Å². The standard InChI is InChI=1S/C13H16N4O2/c1-9(16-8-12(18)15-2)13(19)17-11-6-4-3-5-10(11)7-14/h3-6,9,16H,8H2,1-2H3,(H,15,18)(H,17,19)/p+1/t9-/m0/s1. The van der Waals surface area contributed by atoms with Gasteiger partial charge < -0.3 is 16.0 Å². The van der Waals surface area contributed by atoms with Gasteiger partial charge >= 0.3 is 0 Å². The van der Waals surface area contributed by atoms with Crippen molar-refractivity contribution in [2.75, 3.05) is 18.9 Å². The van der Waals surface area contributed by atoms with E-state index in [1.165, 1.54) is 0 Å². The van der Waals surface area contributed by atoms with Gasteiger partial charge in [-0.2, -0.15) is 5.26 Å². The molecule has 2 amide bonds. The van der Waals surface area contributed by atoms with Crippen molar-refractivity contribution in [2.24, 2.45) is 0 Å². The minimum Gasteiger partial charge on any atom is -0.354 e. The number of carbonyl (C=O) groups is 2. The Hall–Kier alpha value is -2.39. The van der Waals surface area contributed by atoms with Crippen LogP contribution in [0, 0.1) is 11.3 Å². The van der Waals surface area contributed by atoms with Crippen molar-refractivity contribution in [2.45, 2.75) is 13.0 Å². The first-order valence-electron chi connectivity index (χ1n) is 5.92. The van der Waals surface area contributed by atoms with Crippen molar-refractivity contribution in [1.29, 1.82) is 5.26 Å². The molecule has 0 aliphatic rings. The summed E-state index contributed by atoms with van der Waals surface area (Å²) in [6.45, 7) is 1.89. The number of quaternary nitrogens is 1. The number of nitriles is 1. The number of anilines is 1. The fourth-order valence-electron chi connectivity index (χ4n) is 1.43. The molecule has 4 N–H and O–H groups in total. The van der Waals surface area contributed by atoms with Crippen LogP contribution in [0.3, 0.4) is 0 Å². The molecule has 1 aromatic rings. The summed E-state index contributed by atoms with van der Waals surface area (Å²) in [7, 11) is 1.55. The zero-order valence-corrected chi connectivity index (χ0v) is 10.9. The van der Waals surface area contributed by atoms with Crippen molar-refractivity contribution in [1.82, 2.24) is 5.32 Å². The fourth-order valence-corrected chi connectivity index (χ4v) is 1.43. The zero-order chi connectivity index (χ0) is 14.3. The molecule has 0 bridgehead atoms. The second-order valence-electron chi connectivity index (χ2n) is 4.05. The molecule has 1 atom stereocenters. The Labute approximate surface area is 111 Å². The van der Waals surface area contributed by atoms with E-state index in [0.29, 0.717) is 11.3 Å². The van der Waals surface area contributed by atoms with Gasteiger partial charge in [0.05, 0.1) is 11.3 Å². The number of nitrogens with zero attached hydrogens (tertiary/aromatic N) is 1. The lowest BCUT2D eigenvalue weighted by atomic mass is 10.2. The Morgan fingerprint density at radius 2 is 2.11 bits per heavy atom. The number of likely N-dealkylation sites (N-methyl/N-ethyl adjacent to an activating group) is 1. The molecule has 0 aliphatic carbocycles. The van der Waals surface area contributed by atoms with Crippen LogP contribution < -0.4 is 16.0 Å². The molecule has 0 spiro atoms. The monoisotopic (exact) mass is 261 g/mol. The van der Waals surface area contributed by atoms with Gasteiger partial charge in [0.15, 0.2) is 12.6 Å². The molecule has 0 radical (unpaired) electrons. The molecular formula is C13H17N4O2+. The first kappa shape index (κ1) is 14.7. The van der Waals surface area contributed by atoms with Crippen LogP contribution in [0.1, 0.15) is 12.5 Å². The maximum Gasteiger partial charge on any atom is 0.282 e. The predicted octanol–water partition coefficient (Wildman–Crippen LogP) is -0.805. The number of benzene rings is 1. The molecule has 19 heavy (non-hydrogen) atoms. The van der Waals surface area contributed by atoms with E-state index in [1.54, 1.807) is 43.6 Å². The van der Waals surface area contributed by atoms with Crippen LogP contribution in [-0.4, -0.2) is 31.4 Å². The van der Waals surface area contributed by atoms with Gasteiger partial charge in [-0.05, 0) is 19.1 Å². The van der Waals surface area contributed by atoms with E-state index >= 15 is 0 Å². The minimum absolute atomic E-state index is 0.142. The van der Waals surface area contributed by atoms with E-state index in [1.807, 2.05) is 6.07 Å². The normalized spacial score (nSPS) is 11.2. The zero-order valence-electron chi connectivity index (χ0n) is 10.9. The highest BCUT2D eigenvalue weighted by Crippen LogP contribution is 2.13. The van der Waals surface area contributed by atoms with Crippen LogP contribution >= 0.6 is 0 Å². The molecule has 1 rings (SSSR count). The molecule has 0 heterocycles. The molecule has 0 fully saturated rings. The molecule has 6 nitrogen and oxygen atoms in total. The summed E-state index contributed by atoms with van der Waals surface area (Å²) < 4.78 is 0. The van der Waals surface area contributed by atoms with E-state index in [4.69, 9.17) is 5.26 Å². The van der Waals surface area contributed by atoms with Crippen molar-refractivity contribution < 1.29 is 14.9 Å². The quantitative estimate of drug-likeness (QED) is 0.646. The second-order valence-corrected chi connectivity index (χ2v) is 4.05. The van der Waals surface area contributed by atoms with E-state index in [0.717, 1.165) is 0 Å². The third-order valence-electron chi connectivity index (χ3n) is 2.65. The number of carbonyl (C=O) groups excluding carboxylic acids is 2. The van der Waals surface area contributed by atoms with Crippen molar-refractivity contribution >= 4 is 17.5 Å². The highest BCUT2D eigenvalue weighted by atomic mass is 16.2. The first-order valence-corrected chi connectivity index (χ1v) is 5.92. The lowest BCUT2D eigenvalue weighted by molar-refractivity contribution is -0.662. The van der Waals surface area contributed by atoms with Gasteiger partial charge in [0, 0.05) is 7.05 Å². The van der Waals surface area contributed by atoms with Gasteiger partial charge in [-0.1, -0.05) is 12.1 Å². The van der Waals surface area contributed by atoms with Crippen LogP contribution in [-0.2, 0) is 9.59 Å². The number of nitrogens with two attached hydrogens (primary N) is 1. The molecule has 100 valence electrons. The Kier molecular flexibility index (Phi) is 5.51. The number of hydrogen-bond acceptors (Lipinski definition) is 3. The van der Waals surface area contributed by atoms with Gasteiger partial charge in [0.1, 0.15) is 6.07 Å². The summed E-state index contributed by atoms with van der Waals surface area (Å²) >= 11 is 0. The van der Waals surface area contributed by atoms with Crippen LogP contribution in [0.25, 0.3) is 0 Å². The predicted molar refractivity (Wildman–Crippen MR) is 70.1 cm³/mol. The van der Waals surface area contributed by atoms with E-state index < -0.39 is 6.04 Å². The first-order chi connectivity index (χ1) is 9.08. The highest BCUT2D eigenvalue weighted by Gasteiger charge is 2.18. The summed E-state index contributed by atoms with van der Waals surface area (Å²) in [4.78, 5) is 23.0. The third kappa shape index (κ3) is 4.41. The van der Waals surface area contributed by atoms with Crippen LogP contribution in [0.5, 0.6) is 0 Å². The highest BCUT2D eigenvalue weighted by molar-refractivity contribution is 5.94. The van der Waals surface area contributed by atoms with Crippen LogP contribution in [0.4, 0.5) is 5.69 Å². The van der Waals surface area contributed by atoms with Gasteiger partial charge in [0.25, 0.3) is 11.8 Å². The summed E-state index contributed by atoms with van der Waals surface area (Å²) in [5, 5.41) is 15.7. The Balaban J connectivity index is 2.59. The molecule has 0 aromatic heterocycles. The molecule has 1 aromatic carbocycles. The molecule has 0 saturated carbocycles. The van der Waals surface area contributed by atoms with Gasteiger partial charge in [-0.3, -0.25) is 9.59 Å². The lowest BCUT2D eigenvalue weighted by Crippen LogP contribution is -2.93. The number of nitrogens with one attached hydrogen (secondary N) is 2. The number of amides is 2. The largest absolute Gasteiger partial charge is 0.354 e. The van der Waals surface area contributed by atoms with E-state index in [9.17, 15) is 9.59 Å². The van der Waals surface area contributed by atoms with E-state index in [-0.39, 0.29) is 18.4 Å². The average molecular weight is 261 g/mol. The second kappa shape index (κ2) is 7.13. The molecule has 0 saturated heterocycles. The topological polar surface area (TPSA) is 98.6 Å². The summed E-state index contributed by atoms with van der Waals surface area (Å²) in [6.07, 6.45) is 0. The molecular weight excluding hydrogens is 244 g/mol. The SMILES string of the molecule is CNC(=O)C[NH2+][C@@H](C)C(=O)Nc1ccccc1C#N. The lowest BCUT2D eigenvalue weighted by Gasteiger charge is -2.11. The van der Waals surface area contributed by atoms with Gasteiger partial charge in [-0.15, -0.1) is 0 Å². The number of para-hydroxylation sites is 1. The van der Waals surface area contributed by atoms with Gasteiger partial charge in [-0.25, -0.2) is 0 Å².